The normalized spacial score (nSPS) is 9.69. The molecule has 0 aliphatic rings. The molecule has 0 fully saturated rings. The summed E-state index contributed by atoms with van der Waals surface area (Å²) in [6.07, 6.45) is 0. The minimum atomic E-state index is 0. The maximum atomic E-state index is 4.46. The molecule has 13 heavy (non-hydrogen) atoms. The fourth-order valence-corrected chi connectivity index (χ4v) is 1.64. The molecule has 0 nitrogen and oxygen atoms in total. The Balaban J connectivity index is 0.000000845. The first-order valence-corrected chi connectivity index (χ1v) is 4.41. The molecule has 0 radical (unpaired) electrons. The van der Waals surface area contributed by atoms with Crippen molar-refractivity contribution >= 4 is 42.3 Å². The molecule has 62 valence electrons. The van der Waals surface area contributed by atoms with E-state index in [4.69, 9.17) is 0 Å². The van der Waals surface area contributed by atoms with Crippen LogP contribution in [0.25, 0.3) is 10.8 Å². The maximum absolute atomic E-state index is 4.46. The molecule has 0 aliphatic heterocycles. The van der Waals surface area contributed by atoms with Gasteiger partial charge >= 0.3 is 18.9 Å². The first-order valence-electron chi connectivity index (χ1n) is 3.96. The molecule has 0 N–H and O–H groups in total. The molecule has 0 spiro atoms. The molecule has 0 atom stereocenters. The van der Waals surface area contributed by atoms with Crippen LogP contribution in [0, 0.1) is 6.92 Å². The standard InChI is InChI=1S/C11H10S.Li.H/c1-8-6-7-9-4-2-3-5-10(9)11(8)12;;/h2-7,12H,1H3;;. The van der Waals surface area contributed by atoms with Crippen molar-refractivity contribution in [2.75, 3.05) is 0 Å². The van der Waals surface area contributed by atoms with Gasteiger partial charge in [-0.05, 0) is 23.3 Å². The zero-order valence-corrected chi connectivity index (χ0v) is 7.81. The molecular weight excluding hydrogens is 171 g/mol. The van der Waals surface area contributed by atoms with Crippen molar-refractivity contribution in [3.05, 3.63) is 42.0 Å². The van der Waals surface area contributed by atoms with Crippen molar-refractivity contribution in [1.29, 1.82) is 0 Å². The van der Waals surface area contributed by atoms with E-state index < -0.39 is 0 Å². The van der Waals surface area contributed by atoms with E-state index in [0.29, 0.717) is 0 Å². The van der Waals surface area contributed by atoms with Crippen LogP contribution in [-0.2, 0) is 0 Å². The van der Waals surface area contributed by atoms with Gasteiger partial charge in [0.15, 0.2) is 0 Å². The third-order valence-corrected chi connectivity index (χ3v) is 2.70. The fourth-order valence-electron chi connectivity index (χ4n) is 1.36. The van der Waals surface area contributed by atoms with Crippen LogP contribution in [0.1, 0.15) is 5.56 Å². The second-order valence-electron chi connectivity index (χ2n) is 2.95. The predicted molar refractivity (Wildman–Crippen MR) is 63.1 cm³/mol. The number of benzene rings is 2. The summed E-state index contributed by atoms with van der Waals surface area (Å²) in [4.78, 5) is 1.09. The Morgan fingerprint density at radius 1 is 1.00 bits per heavy atom. The van der Waals surface area contributed by atoms with Gasteiger partial charge in [-0.15, -0.1) is 12.6 Å². The van der Waals surface area contributed by atoms with Gasteiger partial charge in [0.1, 0.15) is 0 Å². The number of hydrogen-bond acceptors (Lipinski definition) is 1. The van der Waals surface area contributed by atoms with Crippen LogP contribution in [0.5, 0.6) is 0 Å². The van der Waals surface area contributed by atoms with E-state index >= 15 is 0 Å². The second kappa shape index (κ2) is 4.24. The topological polar surface area (TPSA) is 0 Å². The van der Waals surface area contributed by atoms with Gasteiger partial charge in [0.05, 0.1) is 0 Å². The molecule has 0 saturated heterocycles. The Hall–Kier alpha value is -0.353. The summed E-state index contributed by atoms with van der Waals surface area (Å²) in [5.41, 5.74) is 1.23. The van der Waals surface area contributed by atoms with Gasteiger partial charge in [-0.1, -0.05) is 36.4 Å². The average Bonchev–Trinajstić information content (AvgIpc) is 2.12. The third kappa shape index (κ3) is 1.94. The van der Waals surface area contributed by atoms with Gasteiger partial charge in [-0.25, -0.2) is 0 Å². The molecular formula is C11H11LiS. The number of fused-ring (bicyclic) bond motifs is 1. The van der Waals surface area contributed by atoms with E-state index in [1.807, 2.05) is 12.1 Å². The summed E-state index contributed by atoms with van der Waals surface area (Å²) in [7, 11) is 0. The van der Waals surface area contributed by atoms with E-state index in [1.165, 1.54) is 16.3 Å². The zero-order valence-electron chi connectivity index (χ0n) is 6.91. The number of aryl methyl sites for hydroxylation is 1. The van der Waals surface area contributed by atoms with Gasteiger partial charge in [0.2, 0.25) is 0 Å². The summed E-state index contributed by atoms with van der Waals surface area (Å²) in [5, 5.41) is 2.49. The van der Waals surface area contributed by atoms with Crippen molar-refractivity contribution in [1.82, 2.24) is 0 Å². The number of thiol groups is 1. The molecule has 0 heterocycles. The molecule has 0 aliphatic carbocycles. The SMILES string of the molecule is Cc1ccc2ccccc2c1S.[LiH]. The average molecular weight is 182 g/mol. The molecule has 0 saturated carbocycles. The van der Waals surface area contributed by atoms with E-state index in [1.54, 1.807) is 0 Å². The van der Waals surface area contributed by atoms with Crippen LogP contribution in [-0.4, -0.2) is 18.9 Å². The van der Waals surface area contributed by atoms with Crippen LogP contribution >= 0.6 is 12.6 Å². The fraction of sp³-hybridized carbons (Fsp3) is 0.0909. The van der Waals surface area contributed by atoms with Crippen LogP contribution in [0.4, 0.5) is 0 Å². The van der Waals surface area contributed by atoms with Crippen molar-refractivity contribution in [2.24, 2.45) is 0 Å². The first-order chi connectivity index (χ1) is 5.79. The van der Waals surface area contributed by atoms with Gasteiger partial charge in [0.25, 0.3) is 0 Å². The summed E-state index contributed by atoms with van der Waals surface area (Å²) in [6.45, 7) is 2.08. The van der Waals surface area contributed by atoms with E-state index in [9.17, 15) is 0 Å². The summed E-state index contributed by atoms with van der Waals surface area (Å²) < 4.78 is 0. The van der Waals surface area contributed by atoms with Gasteiger partial charge in [-0.2, -0.15) is 0 Å². The summed E-state index contributed by atoms with van der Waals surface area (Å²) in [6, 6.07) is 12.5. The monoisotopic (exact) mass is 182 g/mol. The summed E-state index contributed by atoms with van der Waals surface area (Å²) in [5.74, 6) is 0. The summed E-state index contributed by atoms with van der Waals surface area (Å²) >= 11 is 4.46. The van der Waals surface area contributed by atoms with E-state index in [0.717, 1.165) is 4.90 Å². The van der Waals surface area contributed by atoms with Crippen LogP contribution < -0.4 is 0 Å². The van der Waals surface area contributed by atoms with Crippen LogP contribution in [0.15, 0.2) is 41.3 Å². The first kappa shape index (κ1) is 10.7. The Morgan fingerprint density at radius 3 is 2.46 bits per heavy atom. The quantitative estimate of drug-likeness (QED) is 0.470. The number of rotatable bonds is 0. The Labute approximate surface area is 95.9 Å². The van der Waals surface area contributed by atoms with Crippen LogP contribution in [0.3, 0.4) is 0 Å². The van der Waals surface area contributed by atoms with Crippen LogP contribution in [0.2, 0.25) is 0 Å². The molecule has 2 aromatic carbocycles. The Bertz CT molecular complexity index is 423. The van der Waals surface area contributed by atoms with Crippen molar-refractivity contribution in [3.8, 4) is 0 Å². The molecule has 0 amide bonds. The predicted octanol–water partition coefficient (Wildman–Crippen LogP) is 2.79. The van der Waals surface area contributed by atoms with E-state index in [-0.39, 0.29) is 18.9 Å². The van der Waals surface area contributed by atoms with E-state index in [2.05, 4.69) is 43.8 Å². The Morgan fingerprint density at radius 2 is 1.69 bits per heavy atom. The van der Waals surface area contributed by atoms with Gasteiger partial charge < -0.3 is 0 Å². The molecule has 0 bridgehead atoms. The molecule has 2 rings (SSSR count). The second-order valence-corrected chi connectivity index (χ2v) is 3.40. The Kier molecular flexibility index (Phi) is 3.50. The minimum absolute atomic E-state index is 0. The zero-order chi connectivity index (χ0) is 8.55. The molecule has 0 unspecified atom stereocenters. The van der Waals surface area contributed by atoms with Crippen molar-refractivity contribution in [3.63, 3.8) is 0 Å². The molecule has 2 heteroatoms. The van der Waals surface area contributed by atoms with Crippen molar-refractivity contribution in [2.45, 2.75) is 11.8 Å². The van der Waals surface area contributed by atoms with Gasteiger partial charge in [0, 0.05) is 4.90 Å². The third-order valence-electron chi connectivity index (χ3n) is 2.10. The van der Waals surface area contributed by atoms with Crippen molar-refractivity contribution < 1.29 is 0 Å². The number of hydrogen-bond donors (Lipinski definition) is 1. The molecule has 2 aromatic rings. The van der Waals surface area contributed by atoms with Gasteiger partial charge in [-0.3, -0.25) is 0 Å². The molecule has 0 aromatic heterocycles.